The van der Waals surface area contributed by atoms with Crippen molar-refractivity contribution in [2.24, 2.45) is 0 Å². The lowest BCUT2D eigenvalue weighted by Crippen LogP contribution is -2.55. The average molecular weight is 413 g/mol. The highest BCUT2D eigenvalue weighted by molar-refractivity contribution is 9.10. The number of piperazine rings is 1. The number of para-hydroxylation sites is 1. The molecular weight excluding hydrogens is 384 g/mol. The number of ether oxygens (including phenoxy) is 2. The zero-order valence-electron chi connectivity index (χ0n) is 15.6. The van der Waals surface area contributed by atoms with E-state index in [0.29, 0.717) is 13.2 Å². The van der Waals surface area contributed by atoms with Crippen molar-refractivity contribution in [2.75, 3.05) is 32.8 Å². The maximum absolute atomic E-state index is 12.2. The molecular formula is C19H29BrN2O3. The second kappa shape index (κ2) is 8.90. The monoisotopic (exact) mass is 412 g/mol. The number of hydrogen-bond acceptors (Lipinski definition) is 4. The van der Waals surface area contributed by atoms with Gasteiger partial charge >= 0.3 is 6.09 Å². The Morgan fingerprint density at radius 2 is 2.00 bits per heavy atom. The van der Waals surface area contributed by atoms with Crippen LogP contribution >= 0.6 is 15.9 Å². The lowest BCUT2D eigenvalue weighted by molar-refractivity contribution is 0.00105. The molecule has 0 unspecified atom stereocenters. The molecule has 0 radical (unpaired) electrons. The summed E-state index contributed by atoms with van der Waals surface area (Å²) in [6.07, 6.45) is 0.748. The third-order valence-electron chi connectivity index (χ3n) is 4.05. The van der Waals surface area contributed by atoms with Crippen molar-refractivity contribution < 1.29 is 14.3 Å². The molecule has 0 aliphatic carbocycles. The minimum Gasteiger partial charge on any atom is -0.492 e. The van der Waals surface area contributed by atoms with E-state index >= 15 is 0 Å². The van der Waals surface area contributed by atoms with Crippen LogP contribution < -0.4 is 4.74 Å². The van der Waals surface area contributed by atoms with E-state index in [1.54, 1.807) is 0 Å². The first-order valence-corrected chi connectivity index (χ1v) is 9.65. The van der Waals surface area contributed by atoms with E-state index in [0.717, 1.165) is 36.3 Å². The van der Waals surface area contributed by atoms with Gasteiger partial charge in [-0.05, 0) is 62.2 Å². The summed E-state index contributed by atoms with van der Waals surface area (Å²) in [4.78, 5) is 16.5. The number of halogens is 1. The fourth-order valence-electron chi connectivity index (χ4n) is 2.86. The molecule has 2 rings (SSSR count). The predicted molar refractivity (Wildman–Crippen MR) is 103 cm³/mol. The summed E-state index contributed by atoms with van der Waals surface area (Å²) in [7, 11) is 0. The summed E-state index contributed by atoms with van der Waals surface area (Å²) < 4.78 is 12.3. The highest BCUT2D eigenvalue weighted by atomic mass is 79.9. The maximum atomic E-state index is 12.2. The number of benzene rings is 1. The quantitative estimate of drug-likeness (QED) is 0.680. The number of carbonyl (C=O) groups excluding carboxylic acids is 1. The van der Waals surface area contributed by atoms with Gasteiger partial charge in [0, 0.05) is 32.2 Å². The minimum absolute atomic E-state index is 0.160. The van der Waals surface area contributed by atoms with Crippen molar-refractivity contribution in [1.82, 2.24) is 9.80 Å². The van der Waals surface area contributed by atoms with Gasteiger partial charge in [-0.2, -0.15) is 0 Å². The van der Waals surface area contributed by atoms with E-state index in [1.165, 1.54) is 0 Å². The predicted octanol–water partition coefficient (Wildman–Crippen LogP) is 4.16. The highest BCUT2D eigenvalue weighted by Crippen LogP contribution is 2.24. The minimum atomic E-state index is -0.447. The number of rotatable bonds is 5. The Balaban J connectivity index is 1.70. The van der Waals surface area contributed by atoms with Gasteiger partial charge in [-0.15, -0.1) is 0 Å². The third kappa shape index (κ3) is 6.51. The maximum Gasteiger partial charge on any atom is 0.410 e. The van der Waals surface area contributed by atoms with Gasteiger partial charge in [-0.1, -0.05) is 12.1 Å². The SMILES string of the molecule is C[C@H]1CN(CCCOc2ccccc2Br)CCN1C(=O)OC(C)(C)C. The van der Waals surface area contributed by atoms with Crippen molar-refractivity contribution >= 4 is 22.0 Å². The molecule has 1 aliphatic rings. The zero-order valence-corrected chi connectivity index (χ0v) is 17.2. The van der Waals surface area contributed by atoms with Crippen molar-refractivity contribution in [1.29, 1.82) is 0 Å². The molecule has 1 heterocycles. The van der Waals surface area contributed by atoms with E-state index in [9.17, 15) is 4.79 Å². The normalized spacial score (nSPS) is 18.9. The Morgan fingerprint density at radius 1 is 1.28 bits per heavy atom. The van der Waals surface area contributed by atoms with Gasteiger partial charge in [0.15, 0.2) is 0 Å². The Labute approximate surface area is 159 Å². The van der Waals surface area contributed by atoms with Crippen molar-refractivity contribution in [3.63, 3.8) is 0 Å². The van der Waals surface area contributed by atoms with Crippen LogP contribution in [0.1, 0.15) is 34.1 Å². The molecule has 5 nitrogen and oxygen atoms in total. The van der Waals surface area contributed by atoms with E-state index in [2.05, 4.69) is 27.8 Å². The molecule has 1 aliphatic heterocycles. The number of amides is 1. The second-order valence-electron chi connectivity index (χ2n) is 7.46. The van der Waals surface area contributed by atoms with Gasteiger partial charge in [-0.25, -0.2) is 4.79 Å². The number of carbonyl (C=O) groups is 1. The molecule has 1 fully saturated rings. The fraction of sp³-hybridized carbons (Fsp3) is 0.632. The summed E-state index contributed by atoms with van der Waals surface area (Å²) in [5.74, 6) is 0.880. The molecule has 25 heavy (non-hydrogen) atoms. The summed E-state index contributed by atoms with van der Waals surface area (Å²) in [5, 5.41) is 0. The van der Waals surface area contributed by atoms with Crippen LogP contribution in [0.4, 0.5) is 4.79 Å². The number of hydrogen-bond donors (Lipinski definition) is 0. The first-order chi connectivity index (χ1) is 11.8. The van der Waals surface area contributed by atoms with Crippen LogP contribution in [0.25, 0.3) is 0 Å². The molecule has 0 N–H and O–H groups in total. The summed E-state index contributed by atoms with van der Waals surface area (Å²) in [5.41, 5.74) is -0.447. The van der Waals surface area contributed by atoms with Crippen LogP contribution in [0.15, 0.2) is 28.7 Å². The molecule has 1 amide bonds. The summed E-state index contributed by atoms with van der Waals surface area (Å²) >= 11 is 3.49. The van der Waals surface area contributed by atoms with Crippen LogP contribution in [0, 0.1) is 0 Å². The zero-order chi connectivity index (χ0) is 18.4. The Hall–Kier alpha value is -1.27. The second-order valence-corrected chi connectivity index (χ2v) is 8.31. The molecule has 1 saturated heterocycles. The van der Waals surface area contributed by atoms with Gasteiger partial charge in [0.05, 0.1) is 11.1 Å². The van der Waals surface area contributed by atoms with Crippen LogP contribution in [0.2, 0.25) is 0 Å². The van der Waals surface area contributed by atoms with Gasteiger partial charge in [0.1, 0.15) is 11.4 Å². The fourth-order valence-corrected chi connectivity index (χ4v) is 3.26. The molecule has 0 saturated carbocycles. The molecule has 0 aromatic heterocycles. The Kier molecular flexibility index (Phi) is 7.14. The molecule has 1 atom stereocenters. The van der Waals surface area contributed by atoms with Gasteiger partial charge in [0.25, 0.3) is 0 Å². The standard InChI is InChI=1S/C19H29BrN2O3/c1-15-14-21(11-12-22(15)18(23)25-19(2,3)4)10-7-13-24-17-9-6-5-8-16(17)20/h5-6,8-9,15H,7,10-14H2,1-4H3/t15-/m0/s1. The summed E-state index contributed by atoms with van der Waals surface area (Å²) in [6.45, 7) is 11.9. The summed E-state index contributed by atoms with van der Waals surface area (Å²) in [6, 6.07) is 8.05. The number of nitrogens with zero attached hydrogens (tertiary/aromatic N) is 2. The largest absolute Gasteiger partial charge is 0.492 e. The molecule has 0 spiro atoms. The van der Waals surface area contributed by atoms with Crippen LogP contribution in [0.5, 0.6) is 5.75 Å². The third-order valence-corrected chi connectivity index (χ3v) is 4.71. The van der Waals surface area contributed by atoms with Crippen LogP contribution in [-0.4, -0.2) is 60.3 Å². The van der Waals surface area contributed by atoms with Gasteiger partial charge in [-0.3, -0.25) is 4.90 Å². The molecule has 0 bridgehead atoms. The topological polar surface area (TPSA) is 42.0 Å². The van der Waals surface area contributed by atoms with E-state index in [1.807, 2.05) is 49.9 Å². The smallest absolute Gasteiger partial charge is 0.410 e. The molecule has 140 valence electrons. The van der Waals surface area contributed by atoms with Crippen molar-refractivity contribution in [3.8, 4) is 5.75 Å². The first kappa shape index (κ1) is 20.0. The molecule has 6 heteroatoms. The van der Waals surface area contributed by atoms with Gasteiger partial charge in [0.2, 0.25) is 0 Å². The van der Waals surface area contributed by atoms with E-state index in [4.69, 9.17) is 9.47 Å². The van der Waals surface area contributed by atoms with Crippen LogP contribution in [0.3, 0.4) is 0 Å². The Bertz CT molecular complexity index is 574. The molecule has 1 aromatic rings. The van der Waals surface area contributed by atoms with Gasteiger partial charge < -0.3 is 14.4 Å². The van der Waals surface area contributed by atoms with E-state index in [-0.39, 0.29) is 12.1 Å². The average Bonchev–Trinajstić information content (AvgIpc) is 2.51. The van der Waals surface area contributed by atoms with Crippen LogP contribution in [-0.2, 0) is 4.74 Å². The highest BCUT2D eigenvalue weighted by Gasteiger charge is 2.30. The lowest BCUT2D eigenvalue weighted by atomic mass is 10.2. The Morgan fingerprint density at radius 3 is 2.64 bits per heavy atom. The van der Waals surface area contributed by atoms with E-state index < -0.39 is 5.60 Å². The van der Waals surface area contributed by atoms with Crippen molar-refractivity contribution in [3.05, 3.63) is 28.7 Å². The molecule has 1 aromatic carbocycles. The first-order valence-electron chi connectivity index (χ1n) is 8.85. The van der Waals surface area contributed by atoms with Crippen molar-refractivity contribution in [2.45, 2.75) is 45.8 Å². The lowest BCUT2D eigenvalue weighted by Gasteiger charge is -2.40.